The number of nitrogens with zero attached hydrogens (tertiary/aromatic N) is 2. The Bertz CT molecular complexity index is 564. The number of hydrogen-bond donors (Lipinski definition) is 0. The van der Waals surface area contributed by atoms with Crippen molar-refractivity contribution in [2.75, 3.05) is 0 Å². The first-order valence-electron chi connectivity index (χ1n) is 9.16. The van der Waals surface area contributed by atoms with Crippen molar-refractivity contribution in [3.05, 3.63) is 28.2 Å². The molecule has 0 radical (unpaired) electrons. The van der Waals surface area contributed by atoms with Crippen molar-refractivity contribution in [3.8, 4) is 6.07 Å². The van der Waals surface area contributed by atoms with Gasteiger partial charge in [0, 0.05) is 0 Å². The van der Waals surface area contributed by atoms with Gasteiger partial charge in [-0.15, -0.1) is 0 Å². The Morgan fingerprint density at radius 2 is 1.52 bits per heavy atom. The third-order valence-electron chi connectivity index (χ3n) is 4.98. The molecule has 0 saturated carbocycles. The van der Waals surface area contributed by atoms with E-state index >= 15 is 0 Å². The second-order valence-corrected chi connectivity index (χ2v) is 19.9. The van der Waals surface area contributed by atoms with E-state index in [0.29, 0.717) is 5.56 Å². The quantitative estimate of drug-likeness (QED) is 0.527. The topological polar surface area (TPSA) is 45.8 Å². The van der Waals surface area contributed by atoms with Gasteiger partial charge in [-0.2, -0.15) is 0 Å². The molecule has 3 nitrogen and oxygen atoms in total. The van der Waals surface area contributed by atoms with Gasteiger partial charge in [0.1, 0.15) is 0 Å². The van der Waals surface area contributed by atoms with E-state index in [9.17, 15) is 10.1 Å². The number of pyridine rings is 1. The SMILES string of the molecule is CCC[CH2][Sn]([CH2]CCC)([CH2]CCC)[c]1ccn(C)c(=O)c1C#N. The molecule has 0 aliphatic heterocycles. The standard InChI is InChI=1S/C7H5N2O.3C4H9.Sn/c1-9-4-2-3-6(5-8)7(9)10;3*1-3-4-2;/h2,4H,1H3;3*1,3-4H2,2H3;. The predicted octanol–water partition coefficient (Wildman–Crippen LogP) is 4.31. The Labute approximate surface area is 145 Å². The first kappa shape index (κ1) is 20.3. The van der Waals surface area contributed by atoms with Crippen LogP contribution in [0, 0.1) is 11.3 Å². The van der Waals surface area contributed by atoms with Crippen LogP contribution in [0.1, 0.15) is 64.9 Å². The first-order chi connectivity index (χ1) is 11.1. The number of aromatic nitrogens is 1. The summed E-state index contributed by atoms with van der Waals surface area (Å²) in [6.07, 6.45) is 9.20. The third kappa shape index (κ3) is 5.11. The van der Waals surface area contributed by atoms with Crippen LogP contribution in [0.4, 0.5) is 0 Å². The summed E-state index contributed by atoms with van der Waals surface area (Å²) in [6.45, 7) is 6.72. The Morgan fingerprint density at radius 1 is 1.04 bits per heavy atom. The normalized spacial score (nSPS) is 11.4. The zero-order valence-electron chi connectivity index (χ0n) is 15.3. The zero-order valence-corrected chi connectivity index (χ0v) is 18.2. The van der Waals surface area contributed by atoms with Crippen LogP contribution in [0.25, 0.3) is 0 Å². The second kappa shape index (κ2) is 10.2. The average Bonchev–Trinajstić information content (AvgIpc) is 2.57. The Kier molecular flexibility index (Phi) is 8.97. The molecule has 4 heteroatoms. The van der Waals surface area contributed by atoms with Crippen molar-refractivity contribution in [3.63, 3.8) is 0 Å². The predicted molar refractivity (Wildman–Crippen MR) is 101 cm³/mol. The molecule has 0 bridgehead atoms. The molecular formula is C19H32N2OSn. The van der Waals surface area contributed by atoms with E-state index in [0.717, 1.165) is 0 Å². The molecule has 0 saturated heterocycles. The van der Waals surface area contributed by atoms with Crippen LogP contribution in [0.5, 0.6) is 0 Å². The van der Waals surface area contributed by atoms with Crippen molar-refractivity contribution in [1.82, 2.24) is 4.57 Å². The Morgan fingerprint density at radius 3 is 1.91 bits per heavy atom. The van der Waals surface area contributed by atoms with E-state index in [1.165, 1.54) is 55.4 Å². The van der Waals surface area contributed by atoms with E-state index in [-0.39, 0.29) is 5.56 Å². The maximum atomic E-state index is 12.5. The van der Waals surface area contributed by atoms with Crippen molar-refractivity contribution >= 4 is 22.0 Å². The molecule has 0 N–H and O–H groups in total. The molecule has 0 aliphatic carbocycles. The Balaban J connectivity index is 3.44. The van der Waals surface area contributed by atoms with Gasteiger partial charge in [0.05, 0.1) is 0 Å². The molecule has 0 fully saturated rings. The van der Waals surface area contributed by atoms with E-state index in [1.54, 1.807) is 11.6 Å². The van der Waals surface area contributed by atoms with Crippen molar-refractivity contribution in [2.45, 2.75) is 72.6 Å². The van der Waals surface area contributed by atoms with E-state index < -0.39 is 18.4 Å². The van der Waals surface area contributed by atoms with Gasteiger partial charge in [0.15, 0.2) is 0 Å². The summed E-state index contributed by atoms with van der Waals surface area (Å²) in [5.74, 6) is 0. The summed E-state index contributed by atoms with van der Waals surface area (Å²) in [5.41, 5.74) is 0.352. The fourth-order valence-corrected chi connectivity index (χ4v) is 20.0. The third-order valence-corrected chi connectivity index (χ3v) is 20.7. The van der Waals surface area contributed by atoms with Crippen LogP contribution < -0.4 is 9.14 Å². The molecule has 1 rings (SSSR count). The minimum absolute atomic E-state index is 0.101. The first-order valence-corrected chi connectivity index (χ1v) is 16.6. The molecule has 0 aromatic carbocycles. The molecule has 0 spiro atoms. The summed E-state index contributed by atoms with van der Waals surface area (Å²) in [6, 6.07) is 4.38. The Hall–Kier alpha value is -0.761. The van der Waals surface area contributed by atoms with E-state index in [1.807, 2.05) is 6.20 Å². The molecule has 1 heterocycles. The summed E-state index contributed by atoms with van der Waals surface area (Å²) in [5, 5.41) is 9.63. The number of rotatable bonds is 10. The average molecular weight is 423 g/mol. The van der Waals surface area contributed by atoms with Gasteiger partial charge in [-0.25, -0.2) is 0 Å². The molecule has 0 amide bonds. The fourth-order valence-electron chi connectivity index (χ4n) is 3.50. The van der Waals surface area contributed by atoms with Crippen LogP contribution in [0.2, 0.25) is 13.3 Å². The van der Waals surface area contributed by atoms with Gasteiger partial charge in [0.25, 0.3) is 0 Å². The molecule has 0 atom stereocenters. The molecule has 0 aliphatic rings. The monoisotopic (exact) mass is 424 g/mol. The zero-order chi connectivity index (χ0) is 17.3. The molecule has 0 unspecified atom stereocenters. The number of aryl methyl sites for hydroxylation is 1. The van der Waals surface area contributed by atoms with E-state index in [2.05, 4.69) is 32.9 Å². The molecule has 1 aromatic rings. The van der Waals surface area contributed by atoms with Gasteiger partial charge in [0.2, 0.25) is 0 Å². The van der Waals surface area contributed by atoms with Gasteiger partial charge in [-0.05, 0) is 0 Å². The number of nitriles is 1. The van der Waals surface area contributed by atoms with Crippen LogP contribution in [0.15, 0.2) is 17.1 Å². The summed E-state index contributed by atoms with van der Waals surface area (Å²) in [7, 11) is 1.74. The van der Waals surface area contributed by atoms with Crippen LogP contribution >= 0.6 is 0 Å². The minimum atomic E-state index is -2.70. The van der Waals surface area contributed by atoms with Crippen LogP contribution in [-0.4, -0.2) is 22.9 Å². The van der Waals surface area contributed by atoms with Gasteiger partial charge < -0.3 is 0 Å². The molecule has 128 valence electrons. The van der Waals surface area contributed by atoms with Crippen molar-refractivity contribution in [1.29, 1.82) is 5.26 Å². The molecule has 23 heavy (non-hydrogen) atoms. The fraction of sp³-hybridized carbons (Fsp3) is 0.684. The number of hydrogen-bond acceptors (Lipinski definition) is 2. The van der Waals surface area contributed by atoms with Crippen molar-refractivity contribution in [2.24, 2.45) is 7.05 Å². The van der Waals surface area contributed by atoms with Crippen LogP contribution in [0.3, 0.4) is 0 Å². The van der Waals surface area contributed by atoms with Gasteiger partial charge >= 0.3 is 146 Å². The maximum absolute atomic E-state index is 12.5. The molecule has 1 aromatic heterocycles. The van der Waals surface area contributed by atoms with Crippen molar-refractivity contribution < 1.29 is 0 Å². The summed E-state index contributed by atoms with van der Waals surface area (Å²) in [4.78, 5) is 12.5. The summed E-state index contributed by atoms with van der Waals surface area (Å²) >= 11 is -2.70. The number of unbranched alkanes of at least 4 members (excludes halogenated alkanes) is 3. The van der Waals surface area contributed by atoms with Gasteiger partial charge in [-0.1, -0.05) is 0 Å². The van der Waals surface area contributed by atoms with Crippen LogP contribution in [-0.2, 0) is 7.05 Å². The second-order valence-electron chi connectivity index (χ2n) is 6.72. The molecular weight excluding hydrogens is 391 g/mol. The summed E-state index contributed by atoms with van der Waals surface area (Å²) < 4.78 is 6.62. The van der Waals surface area contributed by atoms with Gasteiger partial charge in [-0.3, -0.25) is 0 Å². The van der Waals surface area contributed by atoms with E-state index in [4.69, 9.17) is 0 Å².